The lowest BCUT2D eigenvalue weighted by molar-refractivity contribution is -0.136. The fourth-order valence-corrected chi connectivity index (χ4v) is 4.75. The van der Waals surface area contributed by atoms with Crippen LogP contribution < -0.4 is 10.1 Å². The molecule has 2 unspecified atom stereocenters. The molecule has 1 aliphatic carbocycles. The van der Waals surface area contributed by atoms with Crippen molar-refractivity contribution in [1.82, 2.24) is 5.32 Å². The van der Waals surface area contributed by atoms with Crippen LogP contribution in [0.2, 0.25) is 0 Å². The Bertz CT molecular complexity index is 1100. The first-order chi connectivity index (χ1) is 15.3. The van der Waals surface area contributed by atoms with Crippen LogP contribution in [0.3, 0.4) is 0 Å². The molecule has 1 heterocycles. The monoisotopic (exact) mass is 431 g/mol. The Balaban J connectivity index is 1.74. The van der Waals surface area contributed by atoms with Gasteiger partial charge in [-0.1, -0.05) is 62.4 Å². The molecule has 0 saturated heterocycles. The van der Waals surface area contributed by atoms with Crippen LogP contribution in [0.4, 0.5) is 0 Å². The maximum absolute atomic E-state index is 13.3. The molecular formula is C27H29NO4. The first kappa shape index (κ1) is 21.9. The van der Waals surface area contributed by atoms with E-state index in [-0.39, 0.29) is 11.2 Å². The number of fused-ring (bicyclic) bond motifs is 1. The van der Waals surface area contributed by atoms with Gasteiger partial charge in [-0.3, -0.25) is 4.79 Å². The van der Waals surface area contributed by atoms with Crippen LogP contribution in [0.5, 0.6) is 5.75 Å². The third-order valence-corrected chi connectivity index (χ3v) is 6.11. The summed E-state index contributed by atoms with van der Waals surface area (Å²) in [5, 5.41) is 3.32. The van der Waals surface area contributed by atoms with E-state index < -0.39 is 17.8 Å². The molecule has 0 saturated carbocycles. The number of Topliss-reactive ketones (excluding diaryl/α,β-unsaturated/α-hetero) is 1. The van der Waals surface area contributed by atoms with Gasteiger partial charge < -0.3 is 14.8 Å². The number of carbonyl (C=O) groups excluding carboxylic acids is 2. The van der Waals surface area contributed by atoms with Gasteiger partial charge in [-0.2, -0.15) is 0 Å². The molecule has 2 aliphatic rings. The highest BCUT2D eigenvalue weighted by Gasteiger charge is 2.46. The number of nitrogens with one attached hydrogen (secondary N) is 1. The van der Waals surface area contributed by atoms with E-state index in [9.17, 15) is 9.59 Å². The molecule has 4 rings (SSSR count). The average molecular weight is 432 g/mol. The van der Waals surface area contributed by atoms with Crippen molar-refractivity contribution in [1.29, 1.82) is 0 Å². The third-order valence-electron chi connectivity index (χ3n) is 6.11. The van der Waals surface area contributed by atoms with E-state index in [4.69, 9.17) is 9.47 Å². The summed E-state index contributed by atoms with van der Waals surface area (Å²) in [6, 6.07) is 17.6. The van der Waals surface area contributed by atoms with E-state index in [0.717, 1.165) is 16.8 Å². The molecule has 2 aromatic carbocycles. The molecule has 0 bridgehead atoms. The lowest BCUT2D eigenvalue weighted by Crippen LogP contribution is -2.43. The fraction of sp³-hybridized carbons (Fsp3) is 0.333. The van der Waals surface area contributed by atoms with E-state index in [2.05, 4.69) is 25.2 Å². The quantitative estimate of drug-likeness (QED) is 0.683. The molecule has 5 heteroatoms. The Morgan fingerprint density at radius 1 is 1.09 bits per heavy atom. The van der Waals surface area contributed by atoms with Gasteiger partial charge in [0.05, 0.1) is 18.6 Å². The van der Waals surface area contributed by atoms with Gasteiger partial charge in [0.2, 0.25) is 0 Å². The zero-order valence-electron chi connectivity index (χ0n) is 19.0. The second kappa shape index (κ2) is 8.65. The molecule has 166 valence electrons. The number of ether oxygens (including phenoxy) is 2. The van der Waals surface area contributed by atoms with E-state index in [1.807, 2.05) is 61.5 Å². The molecule has 32 heavy (non-hydrogen) atoms. The number of esters is 1. The topological polar surface area (TPSA) is 64.6 Å². The SMILES string of the molecule is COC(=O)C1=C(C)NC2=CC(C)(C)CC(=O)C2C1c1cccc(OCc2ccccc2)c1. The van der Waals surface area contributed by atoms with Crippen molar-refractivity contribution in [3.63, 3.8) is 0 Å². The molecule has 0 fully saturated rings. The predicted molar refractivity (Wildman–Crippen MR) is 123 cm³/mol. The van der Waals surface area contributed by atoms with Crippen LogP contribution in [-0.2, 0) is 20.9 Å². The van der Waals surface area contributed by atoms with Crippen LogP contribution >= 0.6 is 0 Å². The summed E-state index contributed by atoms with van der Waals surface area (Å²) in [7, 11) is 1.37. The second-order valence-electron chi connectivity index (χ2n) is 9.19. The number of carbonyl (C=O) groups is 2. The maximum Gasteiger partial charge on any atom is 0.336 e. The van der Waals surface area contributed by atoms with Gasteiger partial charge in [0, 0.05) is 23.7 Å². The van der Waals surface area contributed by atoms with Crippen molar-refractivity contribution in [3.8, 4) is 5.75 Å². The highest BCUT2D eigenvalue weighted by molar-refractivity contribution is 5.96. The first-order valence-corrected chi connectivity index (χ1v) is 10.9. The van der Waals surface area contributed by atoms with E-state index in [0.29, 0.717) is 30.0 Å². The van der Waals surface area contributed by atoms with Gasteiger partial charge in [-0.05, 0) is 35.6 Å². The molecule has 1 N–H and O–H groups in total. The van der Waals surface area contributed by atoms with Crippen LogP contribution in [0.1, 0.15) is 44.2 Å². The van der Waals surface area contributed by atoms with Crippen molar-refractivity contribution in [2.45, 2.75) is 39.7 Å². The Labute approximate surface area is 189 Å². The maximum atomic E-state index is 13.3. The molecule has 0 amide bonds. The molecule has 0 radical (unpaired) electrons. The van der Waals surface area contributed by atoms with Crippen molar-refractivity contribution in [2.24, 2.45) is 11.3 Å². The van der Waals surface area contributed by atoms with Crippen LogP contribution in [0.25, 0.3) is 0 Å². The summed E-state index contributed by atoms with van der Waals surface area (Å²) in [4.78, 5) is 26.1. The zero-order valence-corrected chi connectivity index (χ0v) is 19.0. The predicted octanol–water partition coefficient (Wildman–Crippen LogP) is 4.90. The Morgan fingerprint density at radius 2 is 1.84 bits per heavy atom. The van der Waals surface area contributed by atoms with Crippen molar-refractivity contribution in [2.75, 3.05) is 7.11 Å². The number of hydrogen-bond acceptors (Lipinski definition) is 5. The highest BCUT2D eigenvalue weighted by Crippen LogP contribution is 2.47. The van der Waals surface area contributed by atoms with Crippen LogP contribution in [-0.4, -0.2) is 18.9 Å². The summed E-state index contributed by atoms with van der Waals surface area (Å²) >= 11 is 0. The van der Waals surface area contributed by atoms with Crippen molar-refractivity contribution in [3.05, 3.63) is 88.8 Å². The standard InChI is InChI=1S/C27H29NO4/c1-17-23(26(30)31-4)24(25-21(28-17)14-27(2,3)15-22(25)29)19-11-8-12-20(13-19)32-16-18-9-6-5-7-10-18/h5-14,24-25,28H,15-16H2,1-4H3. The average Bonchev–Trinajstić information content (AvgIpc) is 2.76. The van der Waals surface area contributed by atoms with Crippen molar-refractivity contribution < 1.29 is 19.1 Å². The smallest absolute Gasteiger partial charge is 0.336 e. The lowest BCUT2D eigenvalue weighted by Gasteiger charge is -2.41. The molecule has 1 aliphatic heterocycles. The first-order valence-electron chi connectivity index (χ1n) is 10.9. The zero-order chi connectivity index (χ0) is 22.9. The van der Waals surface area contributed by atoms with Gasteiger partial charge in [0.1, 0.15) is 18.1 Å². The highest BCUT2D eigenvalue weighted by atomic mass is 16.5. The minimum Gasteiger partial charge on any atom is -0.489 e. The Morgan fingerprint density at radius 3 is 2.56 bits per heavy atom. The minimum absolute atomic E-state index is 0.120. The van der Waals surface area contributed by atoms with E-state index >= 15 is 0 Å². The summed E-state index contributed by atoms with van der Waals surface area (Å²) < 4.78 is 11.1. The number of allylic oxidation sites excluding steroid dienone is 3. The number of rotatable bonds is 5. The number of methoxy groups -OCH3 is 1. The summed E-state index contributed by atoms with van der Waals surface area (Å²) in [5.74, 6) is -0.494. The number of ketones is 1. The molecule has 0 aromatic heterocycles. The van der Waals surface area contributed by atoms with Gasteiger partial charge in [-0.25, -0.2) is 4.79 Å². The minimum atomic E-state index is -0.454. The Hall–Kier alpha value is -3.34. The van der Waals surface area contributed by atoms with Gasteiger partial charge in [0.25, 0.3) is 0 Å². The van der Waals surface area contributed by atoms with Crippen LogP contribution in [0, 0.1) is 11.3 Å². The summed E-state index contributed by atoms with van der Waals surface area (Å²) in [6.45, 7) is 6.41. The number of hydrogen-bond donors (Lipinski definition) is 1. The van der Waals surface area contributed by atoms with Crippen LogP contribution in [0.15, 0.2) is 77.6 Å². The second-order valence-corrected chi connectivity index (χ2v) is 9.19. The molecule has 2 aromatic rings. The molecule has 5 nitrogen and oxygen atoms in total. The number of benzene rings is 2. The third kappa shape index (κ3) is 4.33. The fourth-order valence-electron chi connectivity index (χ4n) is 4.75. The lowest BCUT2D eigenvalue weighted by atomic mass is 9.66. The van der Waals surface area contributed by atoms with Gasteiger partial charge in [0.15, 0.2) is 0 Å². The van der Waals surface area contributed by atoms with Gasteiger partial charge in [-0.15, -0.1) is 0 Å². The van der Waals surface area contributed by atoms with Gasteiger partial charge >= 0.3 is 5.97 Å². The largest absolute Gasteiger partial charge is 0.489 e. The molecular weight excluding hydrogens is 402 g/mol. The van der Waals surface area contributed by atoms with E-state index in [1.54, 1.807) is 0 Å². The summed E-state index contributed by atoms with van der Waals surface area (Å²) in [5.41, 5.74) is 3.76. The van der Waals surface area contributed by atoms with Crippen molar-refractivity contribution >= 4 is 11.8 Å². The van der Waals surface area contributed by atoms with E-state index in [1.165, 1.54) is 7.11 Å². The molecule has 2 atom stereocenters. The Kier molecular flexibility index (Phi) is 5.92. The normalized spacial score (nSPS) is 21.9. The summed E-state index contributed by atoms with van der Waals surface area (Å²) in [6.07, 6.45) is 2.55. The molecule has 0 spiro atoms.